The summed E-state index contributed by atoms with van der Waals surface area (Å²) >= 11 is 0. The number of fused-ring (bicyclic) bond motifs is 1. The summed E-state index contributed by atoms with van der Waals surface area (Å²) in [7, 11) is 0. The first-order valence-corrected chi connectivity index (χ1v) is 9.20. The van der Waals surface area contributed by atoms with Crippen LogP contribution in [0.3, 0.4) is 0 Å². The van der Waals surface area contributed by atoms with E-state index in [0.29, 0.717) is 16.6 Å². The maximum atomic E-state index is 12.9. The van der Waals surface area contributed by atoms with Crippen LogP contribution in [0.15, 0.2) is 77.6 Å². The van der Waals surface area contributed by atoms with Crippen LogP contribution in [0.5, 0.6) is 0 Å². The van der Waals surface area contributed by atoms with Crippen molar-refractivity contribution in [3.05, 3.63) is 99.8 Å². The molecule has 0 bridgehead atoms. The summed E-state index contributed by atoms with van der Waals surface area (Å²) in [6, 6.07) is 22.7. The van der Waals surface area contributed by atoms with Crippen LogP contribution in [0.2, 0.25) is 0 Å². The van der Waals surface area contributed by atoms with Crippen molar-refractivity contribution in [2.45, 2.75) is 20.4 Å². The Balaban J connectivity index is 1.83. The standard InChI is InChI=1S/C24H20N2O2/c1-16-7-11-18(12-8-16)22(27)15-26-24(28)21-6-4-3-5-20(21)23(25-26)19-13-9-17(2)10-14-19/h3-14H,15H2,1-2H3. The number of aryl methyl sites for hydroxylation is 2. The van der Waals surface area contributed by atoms with E-state index in [1.807, 2.05) is 68.4 Å². The summed E-state index contributed by atoms with van der Waals surface area (Å²) in [5, 5.41) is 5.91. The molecule has 4 rings (SSSR count). The van der Waals surface area contributed by atoms with Gasteiger partial charge >= 0.3 is 0 Å². The number of hydrogen-bond donors (Lipinski definition) is 0. The molecule has 28 heavy (non-hydrogen) atoms. The predicted octanol–water partition coefficient (Wildman–Crippen LogP) is 4.56. The van der Waals surface area contributed by atoms with Crippen LogP contribution in [-0.4, -0.2) is 15.6 Å². The van der Waals surface area contributed by atoms with E-state index in [4.69, 9.17) is 0 Å². The van der Waals surface area contributed by atoms with E-state index in [-0.39, 0.29) is 17.9 Å². The van der Waals surface area contributed by atoms with E-state index >= 15 is 0 Å². The Kier molecular flexibility index (Phi) is 4.62. The van der Waals surface area contributed by atoms with Gasteiger partial charge in [0.25, 0.3) is 5.56 Å². The molecule has 0 radical (unpaired) electrons. The fraction of sp³-hybridized carbons (Fsp3) is 0.125. The number of benzene rings is 3. The minimum atomic E-state index is -0.257. The second kappa shape index (κ2) is 7.24. The van der Waals surface area contributed by atoms with Crippen molar-refractivity contribution in [1.82, 2.24) is 9.78 Å². The largest absolute Gasteiger partial charge is 0.292 e. The summed E-state index contributed by atoms with van der Waals surface area (Å²) in [5.41, 5.74) is 4.16. The topological polar surface area (TPSA) is 52.0 Å². The lowest BCUT2D eigenvalue weighted by molar-refractivity contribution is 0.0966. The van der Waals surface area contributed by atoms with Gasteiger partial charge in [-0.15, -0.1) is 0 Å². The third-order valence-electron chi connectivity index (χ3n) is 4.86. The van der Waals surface area contributed by atoms with Crippen molar-refractivity contribution >= 4 is 16.6 Å². The van der Waals surface area contributed by atoms with Gasteiger partial charge in [-0.25, -0.2) is 4.68 Å². The number of hydrogen-bond acceptors (Lipinski definition) is 3. The molecule has 0 saturated heterocycles. The number of carbonyl (C=O) groups excluding carboxylic acids is 1. The molecule has 0 unspecified atom stereocenters. The van der Waals surface area contributed by atoms with Crippen molar-refractivity contribution in [2.24, 2.45) is 0 Å². The molecular weight excluding hydrogens is 348 g/mol. The molecule has 0 atom stereocenters. The molecule has 3 aromatic carbocycles. The third-order valence-corrected chi connectivity index (χ3v) is 4.86. The minimum Gasteiger partial charge on any atom is -0.292 e. The first-order valence-electron chi connectivity index (χ1n) is 9.20. The van der Waals surface area contributed by atoms with E-state index < -0.39 is 0 Å². The van der Waals surface area contributed by atoms with Crippen molar-refractivity contribution in [2.75, 3.05) is 0 Å². The molecule has 4 nitrogen and oxygen atoms in total. The minimum absolute atomic E-state index is 0.0917. The van der Waals surface area contributed by atoms with E-state index in [9.17, 15) is 9.59 Å². The van der Waals surface area contributed by atoms with Gasteiger partial charge in [-0.05, 0) is 19.9 Å². The molecule has 0 spiro atoms. The average molecular weight is 368 g/mol. The average Bonchev–Trinajstić information content (AvgIpc) is 2.71. The van der Waals surface area contributed by atoms with Crippen LogP contribution in [0.25, 0.3) is 22.0 Å². The first-order chi connectivity index (χ1) is 13.5. The zero-order valence-corrected chi connectivity index (χ0v) is 15.8. The van der Waals surface area contributed by atoms with Gasteiger partial charge in [0.1, 0.15) is 6.54 Å². The number of aromatic nitrogens is 2. The molecule has 0 amide bonds. The number of rotatable bonds is 4. The van der Waals surface area contributed by atoms with Crippen molar-refractivity contribution in [3.63, 3.8) is 0 Å². The highest BCUT2D eigenvalue weighted by Crippen LogP contribution is 2.25. The second-order valence-electron chi connectivity index (χ2n) is 7.01. The van der Waals surface area contributed by atoms with Crippen molar-refractivity contribution in [1.29, 1.82) is 0 Å². The van der Waals surface area contributed by atoms with Gasteiger partial charge in [-0.3, -0.25) is 9.59 Å². The smallest absolute Gasteiger partial charge is 0.275 e. The van der Waals surface area contributed by atoms with Crippen LogP contribution in [0, 0.1) is 13.8 Å². The molecule has 138 valence electrons. The zero-order valence-electron chi connectivity index (χ0n) is 15.8. The highest BCUT2D eigenvalue weighted by Gasteiger charge is 2.15. The maximum Gasteiger partial charge on any atom is 0.275 e. The Morgan fingerprint density at radius 3 is 2.04 bits per heavy atom. The molecule has 0 fully saturated rings. The highest BCUT2D eigenvalue weighted by atomic mass is 16.1. The summed E-state index contributed by atoms with van der Waals surface area (Å²) in [5.74, 6) is -0.139. The van der Waals surface area contributed by atoms with Gasteiger partial charge in [0.15, 0.2) is 5.78 Å². The van der Waals surface area contributed by atoms with E-state index in [2.05, 4.69) is 5.10 Å². The molecule has 0 aliphatic carbocycles. The fourth-order valence-electron chi connectivity index (χ4n) is 3.23. The predicted molar refractivity (Wildman–Crippen MR) is 112 cm³/mol. The summed E-state index contributed by atoms with van der Waals surface area (Å²) in [6.07, 6.45) is 0. The first kappa shape index (κ1) is 17.9. The molecule has 4 heteroatoms. The van der Waals surface area contributed by atoms with E-state index in [1.165, 1.54) is 4.68 Å². The highest BCUT2D eigenvalue weighted by molar-refractivity contribution is 5.97. The molecule has 1 aromatic heterocycles. The SMILES string of the molecule is Cc1ccc(C(=O)Cn2nc(-c3ccc(C)cc3)c3ccccc3c2=O)cc1. The van der Waals surface area contributed by atoms with Crippen LogP contribution < -0.4 is 5.56 Å². The van der Waals surface area contributed by atoms with Crippen LogP contribution >= 0.6 is 0 Å². The number of ketones is 1. The van der Waals surface area contributed by atoms with Gasteiger partial charge in [0.2, 0.25) is 0 Å². The molecule has 0 N–H and O–H groups in total. The number of carbonyl (C=O) groups is 1. The van der Waals surface area contributed by atoms with E-state index in [0.717, 1.165) is 22.1 Å². The normalized spacial score (nSPS) is 10.9. The van der Waals surface area contributed by atoms with Gasteiger partial charge < -0.3 is 0 Å². The maximum absolute atomic E-state index is 12.9. The lowest BCUT2D eigenvalue weighted by Crippen LogP contribution is -2.27. The third kappa shape index (κ3) is 3.37. The Hall–Kier alpha value is -3.53. The summed E-state index contributed by atoms with van der Waals surface area (Å²) < 4.78 is 1.28. The number of Topliss-reactive ketones (excluding diaryl/α,β-unsaturated/α-hetero) is 1. The van der Waals surface area contributed by atoms with Gasteiger partial charge in [0, 0.05) is 16.5 Å². The lowest BCUT2D eigenvalue weighted by Gasteiger charge is -2.11. The summed E-state index contributed by atoms with van der Waals surface area (Å²) in [6.45, 7) is 3.90. The lowest BCUT2D eigenvalue weighted by atomic mass is 10.0. The van der Waals surface area contributed by atoms with Gasteiger partial charge in [-0.2, -0.15) is 5.10 Å². The van der Waals surface area contributed by atoms with E-state index in [1.54, 1.807) is 18.2 Å². The molecule has 0 saturated carbocycles. The fourth-order valence-corrected chi connectivity index (χ4v) is 3.23. The molecular formula is C24H20N2O2. The Bertz CT molecular complexity index is 1220. The van der Waals surface area contributed by atoms with Crippen LogP contribution in [0.4, 0.5) is 0 Å². The van der Waals surface area contributed by atoms with Gasteiger partial charge in [-0.1, -0.05) is 77.9 Å². The number of nitrogens with zero attached hydrogens (tertiary/aromatic N) is 2. The summed E-state index contributed by atoms with van der Waals surface area (Å²) in [4.78, 5) is 25.6. The molecule has 4 aromatic rings. The van der Waals surface area contributed by atoms with Crippen LogP contribution in [-0.2, 0) is 6.54 Å². The second-order valence-corrected chi connectivity index (χ2v) is 7.01. The molecule has 0 aliphatic heterocycles. The van der Waals surface area contributed by atoms with Crippen molar-refractivity contribution < 1.29 is 4.79 Å². The zero-order chi connectivity index (χ0) is 19.7. The molecule has 0 aliphatic rings. The Labute approximate surface area is 163 Å². The Morgan fingerprint density at radius 2 is 1.39 bits per heavy atom. The van der Waals surface area contributed by atoms with Gasteiger partial charge in [0.05, 0.1) is 11.1 Å². The van der Waals surface area contributed by atoms with Crippen molar-refractivity contribution in [3.8, 4) is 11.3 Å². The van der Waals surface area contributed by atoms with Crippen LogP contribution in [0.1, 0.15) is 21.5 Å². The Morgan fingerprint density at radius 1 is 0.821 bits per heavy atom. The monoisotopic (exact) mass is 368 g/mol. The quantitative estimate of drug-likeness (QED) is 0.496. The molecule has 1 heterocycles.